The van der Waals surface area contributed by atoms with Crippen LogP contribution in [0.4, 0.5) is 4.39 Å². The minimum absolute atomic E-state index is 0.0184. The van der Waals surface area contributed by atoms with E-state index >= 15 is 0 Å². The Morgan fingerprint density at radius 2 is 2.05 bits per heavy atom. The molecule has 0 aliphatic carbocycles. The summed E-state index contributed by atoms with van der Waals surface area (Å²) in [6.07, 6.45) is 1.74. The van der Waals surface area contributed by atoms with E-state index in [-0.39, 0.29) is 11.3 Å². The van der Waals surface area contributed by atoms with Crippen LogP contribution in [-0.4, -0.2) is 21.0 Å². The molecule has 3 rings (SSSR count). The molecule has 0 amide bonds. The zero-order valence-electron chi connectivity index (χ0n) is 9.72. The molecular formula is C14H9FN2O2. The minimum atomic E-state index is -1.13. The molecular weight excluding hydrogens is 247 g/mol. The Morgan fingerprint density at radius 3 is 2.84 bits per heavy atom. The van der Waals surface area contributed by atoms with Crippen molar-refractivity contribution in [2.24, 2.45) is 0 Å². The van der Waals surface area contributed by atoms with Crippen molar-refractivity contribution in [3.05, 3.63) is 54.1 Å². The molecule has 0 spiro atoms. The maximum absolute atomic E-state index is 13.3. The van der Waals surface area contributed by atoms with E-state index in [2.05, 4.69) is 9.97 Å². The van der Waals surface area contributed by atoms with Crippen LogP contribution in [0, 0.1) is 5.95 Å². The van der Waals surface area contributed by atoms with Gasteiger partial charge in [-0.2, -0.15) is 4.39 Å². The highest BCUT2D eigenvalue weighted by Gasteiger charge is 2.16. The molecule has 0 bridgehead atoms. The lowest BCUT2D eigenvalue weighted by atomic mass is 10.0. The van der Waals surface area contributed by atoms with Gasteiger partial charge in [0.15, 0.2) is 0 Å². The number of rotatable bonds is 2. The van der Waals surface area contributed by atoms with Gasteiger partial charge >= 0.3 is 5.97 Å². The number of carboxylic acid groups (broad SMARTS) is 1. The summed E-state index contributed by atoms with van der Waals surface area (Å²) < 4.78 is 13.3. The Hall–Kier alpha value is -2.69. The number of nitrogens with one attached hydrogen (secondary N) is 1. The van der Waals surface area contributed by atoms with Crippen molar-refractivity contribution in [3.8, 4) is 11.3 Å². The van der Waals surface area contributed by atoms with E-state index in [1.807, 2.05) is 12.1 Å². The van der Waals surface area contributed by atoms with Crippen LogP contribution in [-0.2, 0) is 0 Å². The van der Waals surface area contributed by atoms with Gasteiger partial charge in [-0.15, -0.1) is 0 Å². The molecule has 2 aromatic heterocycles. The number of aromatic amines is 1. The second kappa shape index (κ2) is 4.20. The van der Waals surface area contributed by atoms with Gasteiger partial charge in [0.2, 0.25) is 5.95 Å². The third kappa shape index (κ3) is 1.85. The van der Waals surface area contributed by atoms with Gasteiger partial charge in [-0.1, -0.05) is 12.1 Å². The lowest BCUT2D eigenvalue weighted by molar-refractivity contribution is 0.0697. The highest BCUT2D eigenvalue weighted by atomic mass is 19.1. The zero-order chi connectivity index (χ0) is 13.4. The van der Waals surface area contributed by atoms with Crippen LogP contribution >= 0.6 is 0 Å². The van der Waals surface area contributed by atoms with Gasteiger partial charge < -0.3 is 10.1 Å². The maximum atomic E-state index is 13.3. The summed E-state index contributed by atoms with van der Waals surface area (Å²) in [5, 5.41) is 9.98. The summed E-state index contributed by atoms with van der Waals surface area (Å²) in [6, 6.07) is 9.44. The number of carboxylic acids is 1. The monoisotopic (exact) mass is 256 g/mol. The number of carbonyl (C=O) groups is 1. The summed E-state index contributed by atoms with van der Waals surface area (Å²) in [4.78, 5) is 18.0. The molecule has 2 heterocycles. The average Bonchev–Trinajstić information content (AvgIpc) is 2.86. The largest absolute Gasteiger partial charge is 0.478 e. The van der Waals surface area contributed by atoms with Gasteiger partial charge in [0, 0.05) is 22.7 Å². The Balaban J connectivity index is 2.35. The number of H-pyrrole nitrogens is 1. The van der Waals surface area contributed by atoms with E-state index < -0.39 is 11.9 Å². The fraction of sp³-hybridized carbons (Fsp3) is 0. The van der Waals surface area contributed by atoms with Crippen molar-refractivity contribution < 1.29 is 14.3 Å². The Labute approximate surface area is 107 Å². The van der Waals surface area contributed by atoms with E-state index in [1.165, 1.54) is 6.07 Å². The molecule has 0 aliphatic rings. The smallest absolute Gasteiger partial charge is 0.337 e. The van der Waals surface area contributed by atoms with Gasteiger partial charge in [0.1, 0.15) is 0 Å². The summed E-state index contributed by atoms with van der Waals surface area (Å²) in [5.41, 5.74) is 1.56. The topological polar surface area (TPSA) is 66.0 Å². The number of hydrogen-bond donors (Lipinski definition) is 2. The lowest BCUT2D eigenvalue weighted by Gasteiger charge is -2.06. The average molecular weight is 256 g/mol. The van der Waals surface area contributed by atoms with Gasteiger partial charge in [-0.05, 0) is 24.3 Å². The molecule has 2 N–H and O–H groups in total. The molecule has 0 radical (unpaired) electrons. The van der Waals surface area contributed by atoms with E-state index in [9.17, 15) is 14.3 Å². The molecule has 0 saturated heterocycles. The molecule has 0 saturated carbocycles. The first-order chi connectivity index (χ1) is 9.16. The predicted molar refractivity (Wildman–Crippen MR) is 68.4 cm³/mol. The van der Waals surface area contributed by atoms with E-state index in [0.717, 1.165) is 17.0 Å². The summed E-state index contributed by atoms with van der Waals surface area (Å²) in [6.45, 7) is 0. The highest BCUT2D eigenvalue weighted by molar-refractivity contribution is 6.01. The highest BCUT2D eigenvalue weighted by Crippen LogP contribution is 2.29. The Morgan fingerprint density at radius 1 is 1.21 bits per heavy atom. The van der Waals surface area contributed by atoms with Crippen LogP contribution in [0.1, 0.15) is 10.4 Å². The van der Waals surface area contributed by atoms with Crippen molar-refractivity contribution >= 4 is 16.9 Å². The Bertz CT molecular complexity index is 780. The van der Waals surface area contributed by atoms with Crippen LogP contribution < -0.4 is 0 Å². The number of halogens is 1. The number of benzene rings is 1. The first-order valence-corrected chi connectivity index (χ1v) is 5.63. The van der Waals surface area contributed by atoms with Crippen LogP contribution in [0.5, 0.6) is 0 Å². The van der Waals surface area contributed by atoms with Crippen LogP contribution in [0.25, 0.3) is 22.2 Å². The first-order valence-electron chi connectivity index (χ1n) is 5.63. The van der Waals surface area contributed by atoms with Crippen LogP contribution in [0.3, 0.4) is 0 Å². The molecule has 4 nitrogen and oxygen atoms in total. The SMILES string of the molecule is O=C(O)c1ccc(F)nc1-c1cccc2[nH]ccc12. The number of aromatic carboxylic acids is 1. The molecule has 1 aromatic carbocycles. The molecule has 5 heteroatoms. The van der Waals surface area contributed by atoms with Gasteiger partial charge in [-0.3, -0.25) is 0 Å². The standard InChI is InChI=1S/C14H9FN2O2/c15-12-5-4-10(14(18)19)13(17-12)9-2-1-3-11-8(9)6-7-16-11/h1-7,16H,(H,18,19). The van der Waals surface area contributed by atoms with Crippen LogP contribution in [0.2, 0.25) is 0 Å². The van der Waals surface area contributed by atoms with Gasteiger partial charge in [0.05, 0.1) is 11.3 Å². The summed E-state index contributed by atoms with van der Waals surface area (Å²) in [7, 11) is 0. The van der Waals surface area contributed by atoms with Crippen LogP contribution in [0.15, 0.2) is 42.6 Å². The molecule has 3 aromatic rings. The van der Waals surface area contributed by atoms with Gasteiger partial charge in [-0.25, -0.2) is 9.78 Å². The van der Waals surface area contributed by atoms with E-state index in [4.69, 9.17) is 0 Å². The summed E-state index contributed by atoms with van der Waals surface area (Å²) >= 11 is 0. The fourth-order valence-electron chi connectivity index (χ4n) is 2.11. The van der Waals surface area contributed by atoms with Crippen molar-refractivity contribution in [2.75, 3.05) is 0 Å². The van der Waals surface area contributed by atoms with Gasteiger partial charge in [0.25, 0.3) is 0 Å². The number of fused-ring (bicyclic) bond motifs is 1. The molecule has 0 aliphatic heterocycles. The number of nitrogens with zero attached hydrogens (tertiary/aromatic N) is 1. The van der Waals surface area contributed by atoms with Crippen molar-refractivity contribution in [3.63, 3.8) is 0 Å². The number of aromatic nitrogens is 2. The van der Waals surface area contributed by atoms with Crippen molar-refractivity contribution in [1.29, 1.82) is 0 Å². The maximum Gasteiger partial charge on any atom is 0.337 e. The second-order valence-electron chi connectivity index (χ2n) is 4.08. The molecule has 19 heavy (non-hydrogen) atoms. The summed E-state index contributed by atoms with van der Waals surface area (Å²) in [5.74, 6) is -1.83. The minimum Gasteiger partial charge on any atom is -0.478 e. The number of pyridine rings is 1. The lowest BCUT2D eigenvalue weighted by Crippen LogP contribution is -2.03. The molecule has 0 unspecified atom stereocenters. The molecule has 94 valence electrons. The number of hydrogen-bond acceptors (Lipinski definition) is 2. The third-order valence-electron chi connectivity index (χ3n) is 2.94. The molecule has 0 fully saturated rings. The normalized spacial score (nSPS) is 10.8. The third-order valence-corrected chi connectivity index (χ3v) is 2.94. The predicted octanol–water partition coefficient (Wildman–Crippen LogP) is 3.07. The van der Waals surface area contributed by atoms with E-state index in [0.29, 0.717) is 5.56 Å². The zero-order valence-corrected chi connectivity index (χ0v) is 9.72. The first kappa shape index (κ1) is 11.4. The Kier molecular flexibility index (Phi) is 2.52. The van der Waals surface area contributed by atoms with Crippen molar-refractivity contribution in [2.45, 2.75) is 0 Å². The fourth-order valence-corrected chi connectivity index (χ4v) is 2.11. The quantitative estimate of drug-likeness (QED) is 0.692. The van der Waals surface area contributed by atoms with E-state index in [1.54, 1.807) is 18.3 Å². The molecule has 0 atom stereocenters. The second-order valence-corrected chi connectivity index (χ2v) is 4.08. The van der Waals surface area contributed by atoms with Crippen molar-refractivity contribution in [1.82, 2.24) is 9.97 Å².